The van der Waals surface area contributed by atoms with Crippen LogP contribution in [0.25, 0.3) is 26.9 Å². The van der Waals surface area contributed by atoms with Gasteiger partial charge in [0.1, 0.15) is 22.4 Å². The quantitative estimate of drug-likeness (QED) is 0.627. The highest BCUT2D eigenvalue weighted by molar-refractivity contribution is 7.17. The van der Waals surface area contributed by atoms with E-state index in [1.54, 1.807) is 6.07 Å². The Balaban J connectivity index is 1.82. The average Bonchev–Trinajstić information content (AvgIpc) is 3.06. The molecular weight excluding hydrogens is 348 g/mol. The van der Waals surface area contributed by atoms with Gasteiger partial charge in [-0.15, -0.1) is 11.3 Å². The van der Waals surface area contributed by atoms with Crippen molar-refractivity contribution in [2.24, 2.45) is 0 Å². The Morgan fingerprint density at radius 3 is 2.46 bits per heavy atom. The Morgan fingerprint density at radius 2 is 1.77 bits per heavy atom. The molecule has 3 N–H and O–H groups in total. The number of aromatic amines is 1. The third-order valence-corrected chi connectivity index (χ3v) is 5.36. The van der Waals surface area contributed by atoms with E-state index in [1.807, 2.05) is 41.8 Å². The lowest BCUT2D eigenvalue weighted by molar-refractivity contribution is 0.432. The Hall–Kier alpha value is -3.30. The number of allylic oxidation sites excluding steroid dienone is 3. The topological polar surface area (TPSA) is 97.1 Å². The molecule has 6 heteroatoms. The van der Waals surface area contributed by atoms with Crippen LogP contribution in [0.5, 0.6) is 5.75 Å². The van der Waals surface area contributed by atoms with Gasteiger partial charge in [0.25, 0.3) is 5.56 Å². The molecule has 26 heavy (non-hydrogen) atoms. The standard InChI is InChI=1S/C20H14N2O3S/c21-9-14-18(24)17-15(10-26-20(17)22-19(14)25)12-7-5-11(6-8-12)13-3-1-2-4-16(13)23/h3-8,10,23H,1-2H2,(H2,22,24,25). The summed E-state index contributed by atoms with van der Waals surface area (Å²) in [5, 5.41) is 31.8. The van der Waals surface area contributed by atoms with E-state index in [9.17, 15) is 15.0 Å². The van der Waals surface area contributed by atoms with Gasteiger partial charge in [-0.25, -0.2) is 0 Å². The Labute approximate surface area is 152 Å². The number of nitriles is 1. The third-order valence-electron chi connectivity index (χ3n) is 4.47. The lowest BCUT2D eigenvalue weighted by Gasteiger charge is -2.12. The van der Waals surface area contributed by atoms with Crippen LogP contribution in [0.3, 0.4) is 0 Å². The number of rotatable bonds is 2. The predicted molar refractivity (Wildman–Crippen MR) is 102 cm³/mol. The van der Waals surface area contributed by atoms with E-state index in [0.29, 0.717) is 16.0 Å². The van der Waals surface area contributed by atoms with Crippen molar-refractivity contribution in [2.75, 3.05) is 0 Å². The number of pyridine rings is 1. The van der Waals surface area contributed by atoms with Gasteiger partial charge in [0.05, 0.1) is 5.39 Å². The molecule has 1 aromatic carbocycles. The molecule has 0 radical (unpaired) electrons. The van der Waals surface area contributed by atoms with Crippen molar-refractivity contribution in [3.05, 3.63) is 69.0 Å². The van der Waals surface area contributed by atoms with Crippen molar-refractivity contribution < 1.29 is 10.2 Å². The van der Waals surface area contributed by atoms with Crippen LogP contribution in [0.2, 0.25) is 0 Å². The number of hydrogen-bond donors (Lipinski definition) is 3. The van der Waals surface area contributed by atoms with Crippen molar-refractivity contribution in [1.29, 1.82) is 5.26 Å². The van der Waals surface area contributed by atoms with Crippen LogP contribution >= 0.6 is 11.3 Å². The number of hydrogen-bond acceptors (Lipinski definition) is 5. The van der Waals surface area contributed by atoms with Gasteiger partial charge in [0.15, 0.2) is 5.56 Å². The molecule has 1 aliphatic carbocycles. The van der Waals surface area contributed by atoms with Crippen LogP contribution in [0.1, 0.15) is 24.0 Å². The summed E-state index contributed by atoms with van der Waals surface area (Å²) < 4.78 is 0. The van der Waals surface area contributed by atoms with E-state index >= 15 is 0 Å². The van der Waals surface area contributed by atoms with Gasteiger partial charge < -0.3 is 15.2 Å². The maximum Gasteiger partial charge on any atom is 0.270 e. The number of aromatic nitrogens is 1. The minimum Gasteiger partial charge on any atom is -0.508 e. The first kappa shape index (κ1) is 16.2. The molecule has 0 aliphatic heterocycles. The predicted octanol–water partition coefficient (Wildman–Crippen LogP) is 4.45. The molecule has 0 saturated heterocycles. The summed E-state index contributed by atoms with van der Waals surface area (Å²) >= 11 is 1.30. The zero-order valence-electron chi connectivity index (χ0n) is 13.6. The summed E-state index contributed by atoms with van der Waals surface area (Å²) in [4.78, 5) is 15.0. The van der Waals surface area contributed by atoms with Crippen molar-refractivity contribution in [3.8, 4) is 22.9 Å². The van der Waals surface area contributed by atoms with Gasteiger partial charge in [-0.1, -0.05) is 30.3 Å². The lowest BCUT2D eigenvalue weighted by Crippen LogP contribution is -2.09. The highest BCUT2D eigenvalue weighted by atomic mass is 32.1. The summed E-state index contributed by atoms with van der Waals surface area (Å²) in [6.45, 7) is 0. The fraction of sp³-hybridized carbons (Fsp3) is 0.100. The molecule has 4 rings (SSSR count). The highest BCUT2D eigenvalue weighted by Gasteiger charge is 2.18. The molecule has 0 spiro atoms. The number of nitrogens with one attached hydrogen (secondary N) is 1. The molecule has 3 aromatic rings. The molecule has 0 amide bonds. The summed E-state index contributed by atoms with van der Waals surface area (Å²) in [7, 11) is 0. The number of aliphatic hydroxyl groups is 1. The normalized spacial score (nSPS) is 14.0. The Bertz CT molecular complexity index is 1170. The number of nitrogens with zero attached hydrogens (tertiary/aromatic N) is 1. The molecule has 0 saturated carbocycles. The Morgan fingerprint density at radius 1 is 1.08 bits per heavy atom. The summed E-state index contributed by atoms with van der Waals surface area (Å²) in [5.41, 5.74) is 2.46. The molecule has 1 aliphatic rings. The molecule has 2 aromatic heterocycles. The summed E-state index contributed by atoms with van der Waals surface area (Å²) in [5.74, 6) is 0.000933. The number of fused-ring (bicyclic) bond motifs is 1. The number of thiophene rings is 1. The number of aliphatic hydroxyl groups excluding tert-OH is 1. The largest absolute Gasteiger partial charge is 0.508 e. The zero-order valence-corrected chi connectivity index (χ0v) is 14.4. The molecule has 0 unspecified atom stereocenters. The summed E-state index contributed by atoms with van der Waals surface area (Å²) in [6, 6.07) is 9.37. The van der Waals surface area contributed by atoms with Gasteiger partial charge in [0, 0.05) is 16.5 Å². The SMILES string of the molecule is N#Cc1c(O)c2c(-c3ccc(C4=CCCC=C4O)cc3)csc2[nH]c1=O. The van der Waals surface area contributed by atoms with Gasteiger partial charge >= 0.3 is 0 Å². The second kappa shape index (κ2) is 6.21. The van der Waals surface area contributed by atoms with E-state index in [1.165, 1.54) is 11.3 Å². The van der Waals surface area contributed by atoms with Crippen molar-refractivity contribution in [2.45, 2.75) is 12.8 Å². The number of aromatic hydroxyl groups is 1. The summed E-state index contributed by atoms with van der Waals surface area (Å²) in [6.07, 6.45) is 5.56. The van der Waals surface area contributed by atoms with Crippen molar-refractivity contribution in [3.63, 3.8) is 0 Å². The monoisotopic (exact) mass is 362 g/mol. The van der Waals surface area contributed by atoms with E-state index in [2.05, 4.69) is 4.98 Å². The molecule has 0 fully saturated rings. The number of H-pyrrole nitrogens is 1. The second-order valence-corrected chi connectivity index (χ2v) is 6.88. The first-order valence-corrected chi connectivity index (χ1v) is 8.95. The third kappa shape index (κ3) is 2.50. The van der Waals surface area contributed by atoms with Crippen LogP contribution in [0, 0.1) is 11.3 Å². The van der Waals surface area contributed by atoms with Crippen molar-refractivity contribution >= 4 is 27.1 Å². The zero-order chi connectivity index (χ0) is 18.3. The fourth-order valence-electron chi connectivity index (χ4n) is 3.16. The number of benzene rings is 1. The van der Waals surface area contributed by atoms with E-state index in [4.69, 9.17) is 5.26 Å². The molecular formula is C20H14N2O3S. The van der Waals surface area contributed by atoms with Crippen LogP contribution in [-0.4, -0.2) is 15.2 Å². The van der Waals surface area contributed by atoms with E-state index in [-0.39, 0.29) is 11.3 Å². The first-order chi connectivity index (χ1) is 12.6. The maximum atomic E-state index is 11.8. The van der Waals surface area contributed by atoms with Crippen LogP contribution in [-0.2, 0) is 0 Å². The minimum atomic E-state index is -0.590. The molecule has 5 nitrogen and oxygen atoms in total. The van der Waals surface area contributed by atoms with E-state index in [0.717, 1.165) is 35.1 Å². The lowest BCUT2D eigenvalue weighted by atomic mass is 9.95. The molecule has 2 heterocycles. The van der Waals surface area contributed by atoms with Gasteiger partial charge in [-0.05, 0) is 30.0 Å². The van der Waals surface area contributed by atoms with Gasteiger partial charge in [-0.2, -0.15) is 5.26 Å². The smallest absolute Gasteiger partial charge is 0.270 e. The second-order valence-electron chi connectivity index (χ2n) is 6.00. The molecule has 128 valence electrons. The van der Waals surface area contributed by atoms with Gasteiger partial charge in [-0.3, -0.25) is 4.79 Å². The van der Waals surface area contributed by atoms with Crippen LogP contribution < -0.4 is 5.56 Å². The maximum absolute atomic E-state index is 11.8. The highest BCUT2D eigenvalue weighted by Crippen LogP contribution is 2.39. The average molecular weight is 362 g/mol. The fourth-order valence-corrected chi connectivity index (χ4v) is 4.12. The Kier molecular flexibility index (Phi) is 3.86. The first-order valence-electron chi connectivity index (χ1n) is 8.07. The minimum absolute atomic E-state index is 0.281. The van der Waals surface area contributed by atoms with E-state index < -0.39 is 5.56 Å². The molecule has 0 atom stereocenters. The van der Waals surface area contributed by atoms with Crippen LogP contribution in [0.4, 0.5) is 0 Å². The van der Waals surface area contributed by atoms with Crippen LogP contribution in [0.15, 0.2) is 52.4 Å². The molecule has 0 bridgehead atoms. The van der Waals surface area contributed by atoms with Crippen molar-refractivity contribution in [1.82, 2.24) is 4.98 Å². The van der Waals surface area contributed by atoms with Gasteiger partial charge in [0.2, 0.25) is 0 Å².